The highest BCUT2D eigenvalue weighted by atomic mass is 19.1. The fourth-order valence-electron chi connectivity index (χ4n) is 2.47. The molecule has 0 N–H and O–H groups in total. The van der Waals surface area contributed by atoms with Crippen LogP contribution in [-0.4, -0.2) is 21.4 Å². The summed E-state index contributed by atoms with van der Waals surface area (Å²) in [6, 6.07) is 11.8. The number of benzene rings is 2. The Labute approximate surface area is 131 Å². The smallest absolute Gasteiger partial charge is 0.305 e. The van der Waals surface area contributed by atoms with Crippen LogP contribution in [0.3, 0.4) is 0 Å². The van der Waals surface area contributed by atoms with E-state index >= 15 is 0 Å². The largest absolute Gasteiger partial charge is 0.326 e. The molecule has 0 saturated heterocycles. The van der Waals surface area contributed by atoms with Gasteiger partial charge in [0.1, 0.15) is 12.1 Å². The van der Waals surface area contributed by atoms with E-state index in [2.05, 4.69) is 9.97 Å². The molecule has 3 aromatic rings. The summed E-state index contributed by atoms with van der Waals surface area (Å²) in [5, 5.41) is 11.4. The normalized spacial score (nSPS) is 10.7. The molecule has 1 aromatic heterocycles. The SMILES string of the molecule is CCN(c1ccccc1)c1ncnc2cc(F)c([N+](=O)[O-])cc12. The Balaban J connectivity index is 2.24. The summed E-state index contributed by atoms with van der Waals surface area (Å²) in [6.07, 6.45) is 1.33. The van der Waals surface area contributed by atoms with Crippen LogP contribution in [0.25, 0.3) is 10.9 Å². The number of rotatable bonds is 4. The number of anilines is 2. The van der Waals surface area contributed by atoms with Gasteiger partial charge in [0.2, 0.25) is 5.82 Å². The van der Waals surface area contributed by atoms with Crippen molar-refractivity contribution >= 4 is 28.1 Å². The summed E-state index contributed by atoms with van der Waals surface area (Å²) in [6.45, 7) is 2.54. The van der Waals surface area contributed by atoms with Gasteiger partial charge in [0, 0.05) is 24.4 Å². The maximum atomic E-state index is 13.8. The van der Waals surface area contributed by atoms with Crippen LogP contribution < -0.4 is 4.90 Å². The van der Waals surface area contributed by atoms with E-state index in [1.807, 2.05) is 42.2 Å². The fraction of sp³-hybridized carbons (Fsp3) is 0.125. The van der Waals surface area contributed by atoms with Gasteiger partial charge in [-0.1, -0.05) is 18.2 Å². The zero-order valence-corrected chi connectivity index (χ0v) is 12.3. The van der Waals surface area contributed by atoms with Crippen molar-refractivity contribution in [3.05, 3.63) is 64.7 Å². The highest BCUT2D eigenvalue weighted by Crippen LogP contribution is 2.32. The highest BCUT2D eigenvalue weighted by Gasteiger charge is 2.20. The van der Waals surface area contributed by atoms with Crippen molar-refractivity contribution in [3.63, 3.8) is 0 Å². The number of para-hydroxylation sites is 1. The molecule has 116 valence electrons. The molecule has 0 unspecified atom stereocenters. The molecule has 0 aliphatic rings. The predicted molar refractivity (Wildman–Crippen MR) is 85.3 cm³/mol. The minimum Gasteiger partial charge on any atom is -0.326 e. The third-order valence-electron chi connectivity index (χ3n) is 3.52. The maximum Gasteiger partial charge on any atom is 0.305 e. The van der Waals surface area contributed by atoms with Crippen molar-refractivity contribution in [2.24, 2.45) is 0 Å². The lowest BCUT2D eigenvalue weighted by molar-refractivity contribution is -0.387. The van der Waals surface area contributed by atoms with E-state index < -0.39 is 16.4 Å². The monoisotopic (exact) mass is 312 g/mol. The van der Waals surface area contributed by atoms with Crippen molar-refractivity contribution in [2.75, 3.05) is 11.4 Å². The van der Waals surface area contributed by atoms with E-state index in [4.69, 9.17) is 0 Å². The van der Waals surface area contributed by atoms with Crippen LogP contribution in [0.4, 0.5) is 21.6 Å². The quantitative estimate of drug-likeness (QED) is 0.540. The second-order valence-corrected chi connectivity index (χ2v) is 4.85. The van der Waals surface area contributed by atoms with Gasteiger partial charge in [-0.15, -0.1) is 0 Å². The molecule has 0 fully saturated rings. The van der Waals surface area contributed by atoms with Gasteiger partial charge in [0.25, 0.3) is 0 Å². The predicted octanol–water partition coefficient (Wildman–Crippen LogP) is 3.84. The lowest BCUT2D eigenvalue weighted by Gasteiger charge is -2.23. The van der Waals surface area contributed by atoms with Gasteiger partial charge < -0.3 is 4.90 Å². The number of hydrogen-bond donors (Lipinski definition) is 0. The van der Waals surface area contributed by atoms with E-state index in [-0.39, 0.29) is 0 Å². The van der Waals surface area contributed by atoms with Crippen molar-refractivity contribution in [2.45, 2.75) is 6.92 Å². The molecule has 7 heteroatoms. The Hall–Kier alpha value is -3.09. The topological polar surface area (TPSA) is 72.2 Å². The first-order valence-corrected chi connectivity index (χ1v) is 7.03. The van der Waals surface area contributed by atoms with Crippen molar-refractivity contribution in [1.29, 1.82) is 0 Å². The van der Waals surface area contributed by atoms with E-state index in [1.165, 1.54) is 12.4 Å². The Morgan fingerprint density at radius 2 is 1.96 bits per heavy atom. The molecule has 6 nitrogen and oxygen atoms in total. The van der Waals surface area contributed by atoms with E-state index in [1.54, 1.807) is 0 Å². The number of aromatic nitrogens is 2. The lowest BCUT2D eigenvalue weighted by atomic mass is 10.2. The summed E-state index contributed by atoms with van der Waals surface area (Å²) in [4.78, 5) is 20.4. The molecule has 0 radical (unpaired) electrons. The second kappa shape index (κ2) is 5.96. The van der Waals surface area contributed by atoms with Crippen LogP contribution in [0.1, 0.15) is 6.92 Å². The molecule has 1 heterocycles. The maximum absolute atomic E-state index is 13.8. The summed E-state index contributed by atoms with van der Waals surface area (Å²) in [7, 11) is 0. The first-order valence-electron chi connectivity index (χ1n) is 7.03. The number of hydrogen-bond acceptors (Lipinski definition) is 5. The Kier molecular flexibility index (Phi) is 3.84. The van der Waals surface area contributed by atoms with Crippen LogP contribution >= 0.6 is 0 Å². The molecule has 2 aromatic carbocycles. The molecule has 0 spiro atoms. The Morgan fingerprint density at radius 1 is 1.22 bits per heavy atom. The first kappa shape index (κ1) is 14.8. The van der Waals surface area contributed by atoms with E-state index in [0.29, 0.717) is 23.3 Å². The average Bonchev–Trinajstić information content (AvgIpc) is 2.56. The standard InChI is InChI=1S/C16H13FN4O2/c1-2-20(11-6-4-3-5-7-11)16-12-8-15(21(22)23)13(17)9-14(12)18-10-19-16/h3-10H,2H2,1H3. The van der Waals surface area contributed by atoms with Crippen LogP contribution in [-0.2, 0) is 0 Å². The summed E-state index contributed by atoms with van der Waals surface area (Å²) in [5.74, 6) is -0.401. The van der Waals surface area contributed by atoms with Crippen molar-refractivity contribution in [1.82, 2.24) is 9.97 Å². The number of nitro groups is 1. The van der Waals surface area contributed by atoms with Gasteiger partial charge in [0.05, 0.1) is 15.8 Å². The second-order valence-electron chi connectivity index (χ2n) is 4.85. The van der Waals surface area contributed by atoms with Crippen molar-refractivity contribution in [3.8, 4) is 0 Å². The molecule has 0 bridgehead atoms. The number of fused-ring (bicyclic) bond motifs is 1. The molecular formula is C16H13FN4O2. The van der Waals surface area contributed by atoms with Crippen LogP contribution in [0.2, 0.25) is 0 Å². The molecule has 23 heavy (non-hydrogen) atoms. The average molecular weight is 312 g/mol. The minimum atomic E-state index is -0.907. The molecule has 0 aliphatic heterocycles. The van der Waals surface area contributed by atoms with Crippen LogP contribution in [0, 0.1) is 15.9 Å². The van der Waals surface area contributed by atoms with Gasteiger partial charge in [-0.3, -0.25) is 10.1 Å². The van der Waals surface area contributed by atoms with E-state index in [9.17, 15) is 14.5 Å². The molecule has 0 amide bonds. The number of nitrogens with zero attached hydrogens (tertiary/aromatic N) is 4. The third-order valence-corrected chi connectivity index (χ3v) is 3.52. The van der Waals surface area contributed by atoms with Crippen LogP contribution in [0.15, 0.2) is 48.8 Å². The van der Waals surface area contributed by atoms with Gasteiger partial charge in [-0.25, -0.2) is 9.97 Å². The van der Waals surface area contributed by atoms with Crippen molar-refractivity contribution < 1.29 is 9.31 Å². The Bertz CT molecular complexity index is 871. The molecule has 3 rings (SSSR count). The molecule has 0 saturated carbocycles. The minimum absolute atomic E-state index is 0.326. The summed E-state index contributed by atoms with van der Waals surface area (Å²) >= 11 is 0. The highest BCUT2D eigenvalue weighted by molar-refractivity contribution is 5.93. The zero-order valence-electron chi connectivity index (χ0n) is 12.3. The summed E-state index contributed by atoms with van der Waals surface area (Å²) in [5.41, 5.74) is 0.632. The fourth-order valence-corrected chi connectivity index (χ4v) is 2.47. The first-order chi connectivity index (χ1) is 11.1. The lowest BCUT2D eigenvalue weighted by Crippen LogP contribution is -2.17. The van der Waals surface area contributed by atoms with Gasteiger partial charge in [0.15, 0.2) is 0 Å². The number of nitro benzene ring substituents is 1. The third kappa shape index (κ3) is 2.68. The van der Waals surface area contributed by atoms with E-state index in [0.717, 1.165) is 11.8 Å². The molecule has 0 aliphatic carbocycles. The zero-order chi connectivity index (χ0) is 16.4. The van der Waals surface area contributed by atoms with Crippen LogP contribution in [0.5, 0.6) is 0 Å². The molecular weight excluding hydrogens is 299 g/mol. The molecule has 0 atom stereocenters. The Morgan fingerprint density at radius 3 is 2.61 bits per heavy atom. The van der Waals surface area contributed by atoms with Gasteiger partial charge in [-0.05, 0) is 19.1 Å². The number of halogens is 1. The van der Waals surface area contributed by atoms with Gasteiger partial charge in [-0.2, -0.15) is 4.39 Å². The van der Waals surface area contributed by atoms with Gasteiger partial charge >= 0.3 is 5.69 Å². The summed E-state index contributed by atoms with van der Waals surface area (Å²) < 4.78 is 13.8.